The summed E-state index contributed by atoms with van der Waals surface area (Å²) in [5.41, 5.74) is 3.66. The molecule has 0 N–H and O–H groups in total. The zero-order valence-electron chi connectivity index (χ0n) is 13.1. The van der Waals surface area contributed by atoms with Gasteiger partial charge in [0.05, 0.1) is 5.69 Å². The van der Waals surface area contributed by atoms with Gasteiger partial charge in [-0.1, -0.05) is 32.9 Å². The van der Waals surface area contributed by atoms with Gasteiger partial charge in [-0.05, 0) is 43.0 Å². The van der Waals surface area contributed by atoms with E-state index in [1.165, 1.54) is 5.56 Å². The number of rotatable bonds is 3. The Morgan fingerprint density at radius 3 is 2.20 bits per heavy atom. The molecule has 2 nitrogen and oxygen atoms in total. The van der Waals surface area contributed by atoms with Crippen LogP contribution < -0.4 is 0 Å². The molecular weight excluding hydrogens is 244 g/mol. The minimum atomic E-state index is 0.191. The topological polar surface area (TPSA) is 17.3 Å². The van der Waals surface area contributed by atoms with Crippen LogP contribution in [-0.4, -0.2) is 10.8 Å². The molecule has 106 valence electrons. The second-order valence-corrected chi connectivity index (χ2v) is 6.54. The standard InChI is InChI=1S/C18H24N2/c1-14(2)20-11-10-15(13-20)12-19-17-8-6-16(7-9-17)18(3,4)5/h6-14H,1-5H3. The van der Waals surface area contributed by atoms with Crippen LogP contribution in [0, 0.1) is 0 Å². The fourth-order valence-electron chi connectivity index (χ4n) is 2.02. The fourth-order valence-corrected chi connectivity index (χ4v) is 2.02. The van der Waals surface area contributed by atoms with Gasteiger partial charge in [-0.2, -0.15) is 0 Å². The van der Waals surface area contributed by atoms with Crippen LogP contribution in [0.2, 0.25) is 0 Å². The van der Waals surface area contributed by atoms with Crippen molar-refractivity contribution < 1.29 is 0 Å². The van der Waals surface area contributed by atoms with Crippen molar-refractivity contribution >= 4 is 11.9 Å². The molecule has 1 heterocycles. The van der Waals surface area contributed by atoms with E-state index in [0.29, 0.717) is 6.04 Å². The minimum absolute atomic E-state index is 0.191. The Kier molecular flexibility index (Phi) is 4.12. The molecular formula is C18H24N2. The van der Waals surface area contributed by atoms with E-state index in [-0.39, 0.29) is 5.41 Å². The summed E-state index contributed by atoms with van der Waals surface area (Å²) >= 11 is 0. The van der Waals surface area contributed by atoms with Gasteiger partial charge in [-0.15, -0.1) is 0 Å². The molecule has 0 fully saturated rings. The van der Waals surface area contributed by atoms with Gasteiger partial charge < -0.3 is 4.57 Å². The molecule has 2 aromatic rings. The summed E-state index contributed by atoms with van der Waals surface area (Å²) in [4.78, 5) is 4.53. The van der Waals surface area contributed by atoms with Crippen molar-refractivity contribution in [2.45, 2.75) is 46.1 Å². The zero-order valence-corrected chi connectivity index (χ0v) is 13.1. The first kappa shape index (κ1) is 14.6. The molecule has 20 heavy (non-hydrogen) atoms. The summed E-state index contributed by atoms with van der Waals surface area (Å²) in [6.45, 7) is 11.0. The minimum Gasteiger partial charge on any atom is -0.351 e. The van der Waals surface area contributed by atoms with E-state index in [1.807, 2.05) is 6.21 Å². The third kappa shape index (κ3) is 3.60. The average molecular weight is 268 g/mol. The Hall–Kier alpha value is -1.83. The maximum absolute atomic E-state index is 4.53. The van der Waals surface area contributed by atoms with Gasteiger partial charge in [0.25, 0.3) is 0 Å². The van der Waals surface area contributed by atoms with E-state index in [4.69, 9.17) is 0 Å². The first-order valence-electron chi connectivity index (χ1n) is 7.18. The van der Waals surface area contributed by atoms with E-state index in [9.17, 15) is 0 Å². The number of nitrogens with zero attached hydrogens (tertiary/aromatic N) is 2. The third-order valence-electron chi connectivity index (χ3n) is 3.43. The van der Waals surface area contributed by atoms with Crippen LogP contribution >= 0.6 is 0 Å². The summed E-state index contributed by atoms with van der Waals surface area (Å²) in [6.07, 6.45) is 6.14. The highest BCUT2D eigenvalue weighted by Gasteiger charge is 2.12. The third-order valence-corrected chi connectivity index (χ3v) is 3.43. The Bertz CT molecular complexity index is 581. The van der Waals surface area contributed by atoms with Crippen LogP contribution in [0.1, 0.15) is 51.8 Å². The van der Waals surface area contributed by atoms with E-state index in [2.05, 4.69) is 86.9 Å². The highest BCUT2D eigenvalue weighted by Crippen LogP contribution is 2.24. The second-order valence-electron chi connectivity index (χ2n) is 6.54. The highest BCUT2D eigenvalue weighted by molar-refractivity contribution is 5.81. The molecule has 0 aliphatic heterocycles. The van der Waals surface area contributed by atoms with Crippen LogP contribution in [0.15, 0.2) is 47.7 Å². The van der Waals surface area contributed by atoms with Gasteiger partial charge in [-0.25, -0.2) is 0 Å². The predicted octanol–water partition coefficient (Wildman–Crippen LogP) is 5.12. The normalized spacial score (nSPS) is 12.5. The molecule has 2 rings (SSSR count). The quantitative estimate of drug-likeness (QED) is 0.688. The SMILES string of the molecule is CC(C)n1ccc(C=Nc2ccc(C(C)(C)C)cc2)c1. The first-order valence-corrected chi connectivity index (χ1v) is 7.18. The number of aliphatic imine (C=N–C) groups is 1. The molecule has 0 bridgehead atoms. The monoisotopic (exact) mass is 268 g/mol. The van der Waals surface area contributed by atoms with Crippen LogP contribution in [0.5, 0.6) is 0 Å². The molecule has 1 aromatic carbocycles. The van der Waals surface area contributed by atoms with Crippen LogP contribution in [0.4, 0.5) is 5.69 Å². The Balaban J connectivity index is 2.11. The maximum Gasteiger partial charge on any atom is 0.0630 e. The Labute approximate surface area is 122 Å². The molecule has 0 amide bonds. The van der Waals surface area contributed by atoms with Crippen LogP contribution in [0.3, 0.4) is 0 Å². The van der Waals surface area contributed by atoms with Gasteiger partial charge >= 0.3 is 0 Å². The van der Waals surface area contributed by atoms with Crippen molar-refractivity contribution in [2.24, 2.45) is 4.99 Å². The Morgan fingerprint density at radius 1 is 1.05 bits per heavy atom. The van der Waals surface area contributed by atoms with E-state index in [1.54, 1.807) is 0 Å². The number of benzene rings is 1. The second kappa shape index (κ2) is 5.66. The van der Waals surface area contributed by atoms with E-state index >= 15 is 0 Å². The van der Waals surface area contributed by atoms with Gasteiger partial charge in [0.2, 0.25) is 0 Å². The molecule has 0 saturated heterocycles. The summed E-state index contributed by atoms with van der Waals surface area (Å²) in [5.74, 6) is 0. The molecule has 2 heteroatoms. The first-order chi connectivity index (χ1) is 9.36. The van der Waals surface area contributed by atoms with Gasteiger partial charge in [-0.3, -0.25) is 4.99 Å². The Morgan fingerprint density at radius 2 is 1.70 bits per heavy atom. The van der Waals surface area contributed by atoms with Crippen molar-refractivity contribution in [1.82, 2.24) is 4.57 Å². The molecule has 0 radical (unpaired) electrons. The largest absolute Gasteiger partial charge is 0.351 e. The summed E-state index contributed by atoms with van der Waals surface area (Å²) in [6, 6.07) is 11.1. The van der Waals surface area contributed by atoms with E-state index in [0.717, 1.165) is 11.3 Å². The predicted molar refractivity (Wildman–Crippen MR) is 87.2 cm³/mol. The van der Waals surface area contributed by atoms with Crippen molar-refractivity contribution in [3.05, 3.63) is 53.9 Å². The fraction of sp³-hybridized carbons (Fsp3) is 0.389. The maximum atomic E-state index is 4.53. The molecule has 0 saturated carbocycles. The van der Waals surface area contributed by atoms with E-state index < -0.39 is 0 Å². The average Bonchev–Trinajstić information content (AvgIpc) is 2.85. The zero-order chi connectivity index (χ0) is 14.8. The molecule has 0 atom stereocenters. The van der Waals surface area contributed by atoms with Crippen molar-refractivity contribution in [3.8, 4) is 0 Å². The van der Waals surface area contributed by atoms with Crippen molar-refractivity contribution in [2.75, 3.05) is 0 Å². The molecule has 0 aliphatic rings. The number of hydrogen-bond donors (Lipinski definition) is 0. The lowest BCUT2D eigenvalue weighted by Crippen LogP contribution is -2.10. The lowest BCUT2D eigenvalue weighted by Gasteiger charge is -2.18. The molecule has 0 spiro atoms. The van der Waals surface area contributed by atoms with Gasteiger partial charge in [0.15, 0.2) is 0 Å². The van der Waals surface area contributed by atoms with Crippen molar-refractivity contribution in [1.29, 1.82) is 0 Å². The summed E-state index contributed by atoms with van der Waals surface area (Å²) < 4.78 is 2.18. The van der Waals surface area contributed by atoms with Gasteiger partial charge in [0, 0.05) is 30.2 Å². The lowest BCUT2D eigenvalue weighted by atomic mass is 9.87. The van der Waals surface area contributed by atoms with Crippen LogP contribution in [-0.2, 0) is 5.41 Å². The summed E-state index contributed by atoms with van der Waals surface area (Å²) in [7, 11) is 0. The number of aromatic nitrogens is 1. The molecule has 1 aromatic heterocycles. The van der Waals surface area contributed by atoms with Gasteiger partial charge in [0.1, 0.15) is 0 Å². The highest BCUT2D eigenvalue weighted by atomic mass is 15.0. The molecule has 0 unspecified atom stereocenters. The van der Waals surface area contributed by atoms with Crippen LogP contribution in [0.25, 0.3) is 0 Å². The number of hydrogen-bond acceptors (Lipinski definition) is 1. The molecule has 0 aliphatic carbocycles. The van der Waals surface area contributed by atoms with Crippen molar-refractivity contribution in [3.63, 3.8) is 0 Å². The smallest absolute Gasteiger partial charge is 0.0630 e. The summed E-state index contributed by atoms with van der Waals surface area (Å²) in [5, 5.41) is 0. The lowest BCUT2D eigenvalue weighted by molar-refractivity contribution is 0.590.